The summed E-state index contributed by atoms with van der Waals surface area (Å²) in [4.78, 5) is 24.5. The molecule has 8 heteroatoms. The predicted molar refractivity (Wildman–Crippen MR) is 131 cm³/mol. The topological polar surface area (TPSA) is 72.6 Å². The average molecular weight is 462 g/mol. The Morgan fingerprint density at radius 2 is 2.00 bits per heavy atom. The lowest BCUT2D eigenvalue weighted by molar-refractivity contribution is 0.0270. The van der Waals surface area contributed by atoms with Gasteiger partial charge in [-0.1, -0.05) is 6.08 Å². The van der Waals surface area contributed by atoms with Crippen LogP contribution >= 0.6 is 11.3 Å². The second-order valence-electron chi connectivity index (χ2n) is 9.49. The second-order valence-corrected chi connectivity index (χ2v) is 10.6. The third kappa shape index (κ3) is 4.35. The number of aromatic nitrogens is 4. The zero-order valence-electron chi connectivity index (χ0n) is 19.5. The summed E-state index contributed by atoms with van der Waals surface area (Å²) in [7, 11) is 0. The lowest BCUT2D eigenvalue weighted by Crippen LogP contribution is -2.39. The molecule has 170 valence electrons. The number of pyridine rings is 1. The standard InChI is InChI=1S/C25H27N5O2S/c1-15-10-19(28-30-14-16(2)27-23(15)30)18-11-22-20(26-13-18)12-21(33-22)17-6-8-29(9-7-17)24(31)32-25(3,4)5/h6,10-14H,7-9H2,1-5H3. The van der Waals surface area contributed by atoms with E-state index in [0.29, 0.717) is 13.1 Å². The molecule has 1 amide bonds. The van der Waals surface area contributed by atoms with Crippen molar-refractivity contribution in [1.82, 2.24) is 24.5 Å². The summed E-state index contributed by atoms with van der Waals surface area (Å²) in [6.07, 6.45) is 6.50. The maximum atomic E-state index is 12.3. The summed E-state index contributed by atoms with van der Waals surface area (Å²) in [6, 6.07) is 6.36. The number of carbonyl (C=O) groups excluding carboxylic acids is 1. The quantitative estimate of drug-likeness (QED) is 0.386. The zero-order valence-corrected chi connectivity index (χ0v) is 20.4. The van der Waals surface area contributed by atoms with Gasteiger partial charge in [0.2, 0.25) is 0 Å². The van der Waals surface area contributed by atoms with Gasteiger partial charge in [-0.3, -0.25) is 4.98 Å². The highest BCUT2D eigenvalue weighted by Crippen LogP contribution is 2.34. The minimum absolute atomic E-state index is 0.256. The van der Waals surface area contributed by atoms with Gasteiger partial charge in [-0.05, 0) is 70.4 Å². The number of nitrogens with zero attached hydrogens (tertiary/aromatic N) is 5. The molecule has 0 saturated heterocycles. The van der Waals surface area contributed by atoms with Gasteiger partial charge in [-0.2, -0.15) is 5.10 Å². The van der Waals surface area contributed by atoms with Crippen LogP contribution in [0.1, 0.15) is 43.3 Å². The summed E-state index contributed by atoms with van der Waals surface area (Å²) in [6.45, 7) is 10.9. The fourth-order valence-corrected chi connectivity index (χ4v) is 5.11. The van der Waals surface area contributed by atoms with Gasteiger partial charge in [0.05, 0.1) is 27.8 Å². The Labute approximate surface area is 196 Å². The lowest BCUT2D eigenvalue weighted by atomic mass is 10.1. The molecule has 33 heavy (non-hydrogen) atoms. The SMILES string of the molecule is Cc1cn2nc(-c3cnc4cc(C5=CCN(C(=O)OC(C)(C)C)CC5)sc4c3)cc(C)c2n1. The van der Waals surface area contributed by atoms with Crippen LogP contribution < -0.4 is 0 Å². The molecule has 0 aliphatic carbocycles. The minimum atomic E-state index is -0.482. The van der Waals surface area contributed by atoms with Crippen molar-refractivity contribution in [3.05, 3.63) is 52.8 Å². The van der Waals surface area contributed by atoms with E-state index in [2.05, 4.69) is 36.2 Å². The average Bonchev–Trinajstić information content (AvgIpc) is 3.35. The maximum Gasteiger partial charge on any atom is 0.410 e. The molecule has 0 radical (unpaired) electrons. The van der Waals surface area contributed by atoms with Crippen LogP contribution in [0.5, 0.6) is 0 Å². The largest absolute Gasteiger partial charge is 0.444 e. The second kappa shape index (κ2) is 7.95. The van der Waals surface area contributed by atoms with Crippen molar-refractivity contribution in [2.75, 3.05) is 13.1 Å². The Kier molecular flexibility index (Phi) is 5.20. The van der Waals surface area contributed by atoms with Crippen LogP contribution in [0.3, 0.4) is 0 Å². The fraction of sp³-hybridized carbons (Fsp3) is 0.360. The van der Waals surface area contributed by atoms with Crippen LogP contribution in [0.4, 0.5) is 4.79 Å². The van der Waals surface area contributed by atoms with Crippen LogP contribution in [-0.2, 0) is 4.74 Å². The monoisotopic (exact) mass is 461 g/mol. The Balaban J connectivity index is 1.40. The first-order valence-electron chi connectivity index (χ1n) is 11.1. The fourth-order valence-electron chi connectivity index (χ4n) is 3.99. The van der Waals surface area contributed by atoms with E-state index >= 15 is 0 Å². The molecular weight excluding hydrogens is 434 g/mol. The van der Waals surface area contributed by atoms with Crippen molar-refractivity contribution >= 4 is 38.9 Å². The van der Waals surface area contributed by atoms with E-state index in [1.54, 1.807) is 16.2 Å². The highest BCUT2D eigenvalue weighted by atomic mass is 32.1. The number of hydrogen-bond acceptors (Lipinski definition) is 6. The van der Waals surface area contributed by atoms with Crippen molar-refractivity contribution in [2.45, 2.75) is 46.6 Å². The number of thiophene rings is 1. The Morgan fingerprint density at radius 1 is 1.18 bits per heavy atom. The van der Waals surface area contributed by atoms with E-state index in [4.69, 9.17) is 14.8 Å². The lowest BCUT2D eigenvalue weighted by Gasteiger charge is -2.29. The van der Waals surface area contributed by atoms with Crippen molar-refractivity contribution in [3.8, 4) is 11.3 Å². The molecule has 0 saturated carbocycles. The number of rotatable bonds is 2. The number of ether oxygens (including phenoxy) is 1. The Bertz CT molecular complexity index is 1410. The Morgan fingerprint density at radius 3 is 2.73 bits per heavy atom. The first-order valence-corrected chi connectivity index (χ1v) is 11.9. The molecule has 0 bridgehead atoms. The number of aryl methyl sites for hydroxylation is 2. The number of amides is 1. The van der Waals surface area contributed by atoms with E-state index in [1.165, 1.54) is 10.5 Å². The molecule has 0 N–H and O–H groups in total. The molecule has 1 aliphatic heterocycles. The highest BCUT2D eigenvalue weighted by molar-refractivity contribution is 7.20. The summed E-state index contributed by atoms with van der Waals surface area (Å²) in [5, 5.41) is 4.74. The van der Waals surface area contributed by atoms with Crippen LogP contribution in [0.15, 0.2) is 36.7 Å². The van der Waals surface area contributed by atoms with E-state index in [-0.39, 0.29) is 6.09 Å². The van der Waals surface area contributed by atoms with Gasteiger partial charge in [0.15, 0.2) is 5.65 Å². The van der Waals surface area contributed by atoms with E-state index in [1.807, 2.05) is 44.6 Å². The number of imidazole rings is 1. The van der Waals surface area contributed by atoms with Gasteiger partial charge >= 0.3 is 6.09 Å². The molecule has 4 aromatic heterocycles. The third-order valence-electron chi connectivity index (χ3n) is 5.57. The molecule has 5 rings (SSSR count). The van der Waals surface area contributed by atoms with Gasteiger partial charge in [-0.15, -0.1) is 11.3 Å². The van der Waals surface area contributed by atoms with Gasteiger partial charge in [0, 0.05) is 29.7 Å². The summed E-state index contributed by atoms with van der Waals surface area (Å²) in [5.74, 6) is 0. The first kappa shape index (κ1) is 21.6. The minimum Gasteiger partial charge on any atom is -0.444 e. The summed E-state index contributed by atoms with van der Waals surface area (Å²) < 4.78 is 8.46. The molecule has 0 spiro atoms. The highest BCUT2D eigenvalue weighted by Gasteiger charge is 2.24. The molecule has 1 aliphatic rings. The van der Waals surface area contributed by atoms with Gasteiger partial charge in [0.1, 0.15) is 5.60 Å². The van der Waals surface area contributed by atoms with Crippen LogP contribution in [0.2, 0.25) is 0 Å². The van der Waals surface area contributed by atoms with E-state index in [0.717, 1.165) is 44.8 Å². The molecule has 0 atom stereocenters. The molecule has 0 unspecified atom stereocenters. The smallest absolute Gasteiger partial charge is 0.410 e. The molecule has 0 aromatic carbocycles. The molecule has 4 aromatic rings. The molecule has 7 nitrogen and oxygen atoms in total. The number of fused-ring (bicyclic) bond motifs is 2. The number of hydrogen-bond donors (Lipinski definition) is 0. The van der Waals surface area contributed by atoms with Crippen LogP contribution in [0, 0.1) is 13.8 Å². The normalized spacial score (nSPS) is 14.7. The summed E-state index contributed by atoms with van der Waals surface area (Å²) >= 11 is 1.73. The van der Waals surface area contributed by atoms with Crippen molar-refractivity contribution in [3.63, 3.8) is 0 Å². The van der Waals surface area contributed by atoms with Gasteiger partial charge < -0.3 is 9.64 Å². The summed E-state index contributed by atoms with van der Waals surface area (Å²) in [5.41, 5.74) is 6.53. The molecular formula is C25H27N5O2S. The van der Waals surface area contributed by atoms with E-state index in [9.17, 15) is 4.79 Å². The van der Waals surface area contributed by atoms with Gasteiger partial charge in [-0.25, -0.2) is 14.3 Å². The first-order chi connectivity index (χ1) is 15.7. The number of carbonyl (C=O) groups is 1. The van der Waals surface area contributed by atoms with Crippen LogP contribution in [0.25, 0.3) is 32.7 Å². The van der Waals surface area contributed by atoms with Crippen molar-refractivity contribution in [1.29, 1.82) is 0 Å². The molecule has 0 fully saturated rings. The van der Waals surface area contributed by atoms with Gasteiger partial charge in [0.25, 0.3) is 0 Å². The van der Waals surface area contributed by atoms with Crippen molar-refractivity contribution < 1.29 is 9.53 Å². The van der Waals surface area contributed by atoms with Crippen LogP contribution in [-0.4, -0.2) is 49.3 Å². The third-order valence-corrected chi connectivity index (χ3v) is 6.72. The Hall–Kier alpha value is -3.26. The molecule has 5 heterocycles. The predicted octanol–water partition coefficient (Wildman–Crippen LogP) is 5.65. The van der Waals surface area contributed by atoms with Crippen molar-refractivity contribution in [2.24, 2.45) is 0 Å². The maximum absolute atomic E-state index is 12.3. The van der Waals surface area contributed by atoms with E-state index < -0.39 is 5.60 Å². The zero-order chi connectivity index (χ0) is 23.3.